The van der Waals surface area contributed by atoms with Crippen LogP contribution < -0.4 is 10.6 Å². The molecule has 0 saturated heterocycles. The number of hydrogen-bond acceptors (Lipinski definition) is 4. The summed E-state index contributed by atoms with van der Waals surface area (Å²) in [6, 6.07) is 56.1. The molecule has 0 radical (unpaired) electrons. The summed E-state index contributed by atoms with van der Waals surface area (Å²) >= 11 is 0. The molecule has 0 bridgehead atoms. The lowest BCUT2D eigenvalue weighted by atomic mass is 9.92. The van der Waals surface area contributed by atoms with Crippen LogP contribution in [0.5, 0.6) is 0 Å². The van der Waals surface area contributed by atoms with E-state index in [0.717, 1.165) is 66.1 Å². The molecule has 0 saturated carbocycles. The molecule has 0 spiro atoms. The first-order valence-corrected chi connectivity index (χ1v) is 18.5. The average Bonchev–Trinajstić information content (AvgIpc) is 3.40. The van der Waals surface area contributed by atoms with E-state index < -0.39 is 7.14 Å². The minimum absolute atomic E-state index is 0.626. The summed E-state index contributed by atoms with van der Waals surface area (Å²) in [5.74, 6) is 1.91. The molecule has 8 aromatic rings. The maximum absolute atomic E-state index is 14.1. The second-order valence-electron chi connectivity index (χ2n) is 12.5. The molecule has 1 unspecified atom stereocenters. The van der Waals surface area contributed by atoms with Gasteiger partial charge in [0.1, 0.15) is 7.14 Å². The molecule has 7 aromatic carbocycles. The number of benzene rings is 7. The molecule has 232 valence electrons. The molecule has 1 aliphatic rings. The lowest BCUT2D eigenvalue weighted by molar-refractivity contribution is 0.591. The smallest absolute Gasteiger partial charge is 0.164 e. The monoisotopic (exact) mass is 647 g/mol. The minimum atomic E-state index is -2.69. The van der Waals surface area contributed by atoms with Crippen molar-refractivity contribution < 1.29 is 4.57 Å². The summed E-state index contributed by atoms with van der Waals surface area (Å²) in [6.07, 6.45) is 0. The first kappa shape index (κ1) is 29.2. The summed E-state index contributed by atoms with van der Waals surface area (Å²) in [7, 11) is -2.69. The Kier molecular flexibility index (Phi) is 6.93. The van der Waals surface area contributed by atoms with Crippen LogP contribution in [-0.2, 0) is 4.57 Å². The second-order valence-corrected chi connectivity index (χ2v) is 15.3. The largest absolute Gasteiger partial charge is 0.314 e. The molecule has 49 heavy (non-hydrogen) atoms. The van der Waals surface area contributed by atoms with Crippen LogP contribution in [0.4, 0.5) is 0 Å². The highest BCUT2D eigenvalue weighted by Crippen LogP contribution is 2.50. The van der Waals surface area contributed by atoms with Crippen LogP contribution in [0, 0.1) is 0 Å². The predicted octanol–water partition coefficient (Wildman–Crippen LogP) is 10.3. The van der Waals surface area contributed by atoms with Gasteiger partial charge in [-0.05, 0) is 69.0 Å². The molecule has 0 N–H and O–H groups in total. The molecule has 5 heteroatoms. The first-order chi connectivity index (χ1) is 24.0. The maximum atomic E-state index is 14.1. The van der Waals surface area contributed by atoms with Crippen molar-refractivity contribution in [2.24, 2.45) is 0 Å². The second kappa shape index (κ2) is 11.6. The van der Waals surface area contributed by atoms with Crippen LogP contribution in [0.3, 0.4) is 0 Å². The van der Waals surface area contributed by atoms with Crippen LogP contribution in [0.15, 0.2) is 164 Å². The average molecular weight is 648 g/mol. The third kappa shape index (κ3) is 5.09. The number of fused-ring (bicyclic) bond motifs is 4. The van der Waals surface area contributed by atoms with Gasteiger partial charge in [-0.3, -0.25) is 0 Å². The molecular formula is C44H30N3OP. The van der Waals surface area contributed by atoms with E-state index in [1.807, 2.05) is 85.5 Å². The molecule has 1 atom stereocenters. The zero-order valence-electron chi connectivity index (χ0n) is 26.8. The van der Waals surface area contributed by atoms with Gasteiger partial charge < -0.3 is 4.57 Å². The van der Waals surface area contributed by atoms with Crippen LogP contribution in [0.1, 0.15) is 0 Å². The van der Waals surface area contributed by atoms with E-state index in [1.165, 1.54) is 5.39 Å². The first-order valence-electron chi connectivity index (χ1n) is 16.4. The molecular weight excluding hydrogens is 617 g/mol. The topological polar surface area (TPSA) is 55.7 Å². The number of nitrogens with zero attached hydrogens (tertiary/aromatic N) is 3. The molecule has 2 heterocycles. The Morgan fingerprint density at radius 1 is 0.388 bits per heavy atom. The van der Waals surface area contributed by atoms with Gasteiger partial charge in [0.15, 0.2) is 17.5 Å². The molecule has 0 fully saturated rings. The van der Waals surface area contributed by atoms with Crippen LogP contribution in [0.25, 0.3) is 78.3 Å². The molecule has 0 aliphatic carbocycles. The van der Waals surface area contributed by atoms with Crippen molar-refractivity contribution >= 4 is 28.5 Å². The zero-order chi connectivity index (χ0) is 33.0. The van der Waals surface area contributed by atoms with Gasteiger partial charge in [0, 0.05) is 27.3 Å². The Bertz CT molecular complexity index is 2520. The van der Waals surface area contributed by atoms with Crippen molar-refractivity contribution in [3.8, 4) is 67.5 Å². The fourth-order valence-electron chi connectivity index (χ4n) is 6.95. The summed E-state index contributed by atoms with van der Waals surface area (Å²) in [5.41, 5.74) is 9.34. The SMILES string of the molecule is CP1(=O)c2ccccc2-c2ccc(-c3cc(-c4ccc(-c5nc(-c6ccccc6)nc(-c6ccccc6)n5)cc4)c4ccccc4c3)cc21. The predicted molar refractivity (Wildman–Crippen MR) is 203 cm³/mol. The minimum Gasteiger partial charge on any atom is -0.314 e. The van der Waals surface area contributed by atoms with Crippen LogP contribution >= 0.6 is 7.14 Å². The Morgan fingerprint density at radius 3 is 1.57 bits per heavy atom. The van der Waals surface area contributed by atoms with Gasteiger partial charge in [-0.15, -0.1) is 0 Å². The highest BCUT2D eigenvalue weighted by Gasteiger charge is 2.34. The van der Waals surface area contributed by atoms with E-state index >= 15 is 0 Å². The summed E-state index contributed by atoms with van der Waals surface area (Å²) < 4.78 is 14.1. The number of hydrogen-bond donors (Lipinski definition) is 0. The van der Waals surface area contributed by atoms with Gasteiger partial charge in [-0.1, -0.05) is 146 Å². The van der Waals surface area contributed by atoms with Crippen LogP contribution in [0.2, 0.25) is 0 Å². The van der Waals surface area contributed by atoms with Crippen LogP contribution in [-0.4, -0.2) is 21.6 Å². The Labute approximate surface area is 285 Å². The summed E-state index contributed by atoms with van der Waals surface area (Å²) in [6.45, 7) is 1.90. The van der Waals surface area contributed by atoms with Crippen molar-refractivity contribution in [3.05, 3.63) is 164 Å². The lowest BCUT2D eigenvalue weighted by Gasteiger charge is -2.14. The fraction of sp³-hybridized carbons (Fsp3) is 0.0227. The van der Waals surface area contributed by atoms with E-state index in [4.69, 9.17) is 15.0 Å². The van der Waals surface area contributed by atoms with Gasteiger partial charge in [0.05, 0.1) is 0 Å². The van der Waals surface area contributed by atoms with E-state index in [0.29, 0.717) is 17.5 Å². The molecule has 0 amide bonds. The standard InChI is InChI=1S/C44H30N3OP/c1-49(48)40-19-11-10-18-37(40)38-25-24-33(28-41(38)49)35-26-34-16-8-9-17-36(34)39(27-35)29-20-22-32(23-21-29)44-46-42(30-12-4-2-5-13-30)45-43(47-44)31-14-6-3-7-15-31/h2-28H,1H3. The number of aromatic nitrogens is 3. The fourth-order valence-corrected chi connectivity index (χ4v) is 9.27. The Balaban J connectivity index is 1.14. The quantitative estimate of drug-likeness (QED) is 0.175. The van der Waals surface area contributed by atoms with E-state index in [2.05, 4.69) is 84.9 Å². The van der Waals surface area contributed by atoms with Gasteiger partial charge >= 0.3 is 0 Å². The number of rotatable bonds is 5. The van der Waals surface area contributed by atoms with Gasteiger partial charge in [0.25, 0.3) is 0 Å². The summed E-state index contributed by atoms with van der Waals surface area (Å²) in [5, 5.41) is 4.21. The highest BCUT2D eigenvalue weighted by molar-refractivity contribution is 7.79. The van der Waals surface area contributed by atoms with Crippen molar-refractivity contribution in [2.75, 3.05) is 6.66 Å². The zero-order valence-corrected chi connectivity index (χ0v) is 27.7. The van der Waals surface area contributed by atoms with Gasteiger partial charge in [-0.25, -0.2) is 15.0 Å². The van der Waals surface area contributed by atoms with Crippen molar-refractivity contribution in [1.29, 1.82) is 0 Å². The van der Waals surface area contributed by atoms with Gasteiger partial charge in [0.2, 0.25) is 0 Å². The van der Waals surface area contributed by atoms with E-state index in [1.54, 1.807) is 0 Å². The van der Waals surface area contributed by atoms with E-state index in [-0.39, 0.29) is 0 Å². The van der Waals surface area contributed by atoms with Crippen molar-refractivity contribution in [3.63, 3.8) is 0 Å². The molecule has 1 aromatic heterocycles. The van der Waals surface area contributed by atoms with Crippen molar-refractivity contribution in [1.82, 2.24) is 15.0 Å². The molecule has 1 aliphatic heterocycles. The molecule has 4 nitrogen and oxygen atoms in total. The van der Waals surface area contributed by atoms with Gasteiger partial charge in [-0.2, -0.15) is 0 Å². The Hall–Kier alpha value is -5.96. The Morgan fingerprint density at radius 2 is 0.898 bits per heavy atom. The summed E-state index contributed by atoms with van der Waals surface area (Å²) in [4.78, 5) is 14.7. The van der Waals surface area contributed by atoms with E-state index in [9.17, 15) is 4.57 Å². The third-order valence-electron chi connectivity index (χ3n) is 9.46. The lowest BCUT2D eigenvalue weighted by Crippen LogP contribution is -2.08. The third-order valence-corrected chi connectivity index (χ3v) is 12.1. The molecule has 9 rings (SSSR count). The van der Waals surface area contributed by atoms with Crippen molar-refractivity contribution in [2.45, 2.75) is 0 Å². The maximum Gasteiger partial charge on any atom is 0.164 e. The normalized spacial score (nSPS) is 14.8. The highest BCUT2D eigenvalue weighted by atomic mass is 31.2.